The number of piperazine rings is 1. The second kappa shape index (κ2) is 6.92. The number of nitrogens with zero attached hydrogens (tertiary/aromatic N) is 2. The SMILES string of the molecule is CC(C)=CCN1CCN(S(=O)(=O)c2ccccc2Cl)CC1. The highest BCUT2D eigenvalue weighted by Gasteiger charge is 2.29. The lowest BCUT2D eigenvalue weighted by molar-refractivity contribution is 0.204. The summed E-state index contributed by atoms with van der Waals surface area (Å²) in [7, 11) is -3.49. The molecule has 4 nitrogen and oxygen atoms in total. The molecule has 1 saturated heterocycles. The maximum atomic E-state index is 12.6. The van der Waals surface area contributed by atoms with Crippen molar-refractivity contribution in [3.8, 4) is 0 Å². The average molecular weight is 329 g/mol. The Morgan fingerprint density at radius 1 is 1.19 bits per heavy atom. The molecule has 21 heavy (non-hydrogen) atoms. The van der Waals surface area contributed by atoms with E-state index < -0.39 is 10.0 Å². The van der Waals surface area contributed by atoms with Crippen molar-refractivity contribution in [2.45, 2.75) is 18.7 Å². The van der Waals surface area contributed by atoms with Crippen molar-refractivity contribution in [1.82, 2.24) is 9.21 Å². The Morgan fingerprint density at radius 2 is 1.81 bits per heavy atom. The topological polar surface area (TPSA) is 40.6 Å². The molecule has 0 amide bonds. The molecular formula is C15H21ClN2O2S. The first-order valence-electron chi connectivity index (χ1n) is 7.01. The van der Waals surface area contributed by atoms with Gasteiger partial charge in [0.2, 0.25) is 10.0 Å². The molecule has 0 N–H and O–H groups in total. The molecule has 1 aliphatic rings. The van der Waals surface area contributed by atoms with Crippen LogP contribution in [0.25, 0.3) is 0 Å². The van der Waals surface area contributed by atoms with Gasteiger partial charge in [0.05, 0.1) is 5.02 Å². The number of rotatable bonds is 4. The normalized spacial score (nSPS) is 17.7. The van der Waals surface area contributed by atoms with E-state index in [1.54, 1.807) is 24.3 Å². The van der Waals surface area contributed by atoms with Crippen molar-refractivity contribution < 1.29 is 8.42 Å². The van der Waals surface area contributed by atoms with Crippen LogP contribution in [0.4, 0.5) is 0 Å². The number of halogens is 1. The molecule has 0 radical (unpaired) electrons. The monoisotopic (exact) mass is 328 g/mol. The van der Waals surface area contributed by atoms with E-state index in [-0.39, 0.29) is 9.92 Å². The molecule has 0 saturated carbocycles. The second-order valence-electron chi connectivity index (χ2n) is 5.42. The summed E-state index contributed by atoms with van der Waals surface area (Å²) in [5.74, 6) is 0. The first-order valence-corrected chi connectivity index (χ1v) is 8.83. The van der Waals surface area contributed by atoms with Crippen LogP contribution < -0.4 is 0 Å². The third-order valence-corrected chi connectivity index (χ3v) is 5.94. The van der Waals surface area contributed by atoms with E-state index in [0.717, 1.165) is 19.6 Å². The van der Waals surface area contributed by atoms with Crippen molar-refractivity contribution in [1.29, 1.82) is 0 Å². The van der Waals surface area contributed by atoms with E-state index in [1.807, 2.05) is 0 Å². The summed E-state index contributed by atoms with van der Waals surface area (Å²) in [6.45, 7) is 7.51. The van der Waals surface area contributed by atoms with Crippen LogP contribution in [0.5, 0.6) is 0 Å². The Kier molecular flexibility index (Phi) is 5.43. The largest absolute Gasteiger partial charge is 0.297 e. The first-order chi connectivity index (χ1) is 9.91. The van der Waals surface area contributed by atoms with Crippen LogP contribution in [0, 0.1) is 0 Å². The molecule has 6 heteroatoms. The van der Waals surface area contributed by atoms with Gasteiger partial charge in [0, 0.05) is 32.7 Å². The van der Waals surface area contributed by atoms with Crippen LogP contribution >= 0.6 is 11.6 Å². The van der Waals surface area contributed by atoms with Crippen LogP contribution in [-0.4, -0.2) is 50.3 Å². The molecule has 2 rings (SSSR count). The lowest BCUT2D eigenvalue weighted by Crippen LogP contribution is -2.48. The van der Waals surface area contributed by atoms with Crippen molar-refractivity contribution >= 4 is 21.6 Å². The minimum Gasteiger partial charge on any atom is -0.297 e. The Hall–Kier alpha value is -0.880. The Balaban J connectivity index is 2.05. The van der Waals surface area contributed by atoms with Crippen LogP contribution in [0.1, 0.15) is 13.8 Å². The summed E-state index contributed by atoms with van der Waals surface area (Å²) in [6.07, 6.45) is 2.16. The van der Waals surface area contributed by atoms with Crippen LogP contribution in [0.3, 0.4) is 0 Å². The molecule has 1 heterocycles. The molecule has 116 valence electrons. The molecule has 0 unspecified atom stereocenters. The molecule has 0 aromatic heterocycles. The predicted octanol–water partition coefficient (Wildman–Crippen LogP) is 2.61. The van der Waals surface area contributed by atoms with Crippen molar-refractivity contribution in [3.63, 3.8) is 0 Å². The number of hydrogen-bond acceptors (Lipinski definition) is 3. The Bertz CT molecular complexity index is 616. The maximum absolute atomic E-state index is 12.6. The van der Waals surface area contributed by atoms with E-state index >= 15 is 0 Å². The minimum absolute atomic E-state index is 0.199. The van der Waals surface area contributed by atoms with Gasteiger partial charge in [-0.3, -0.25) is 4.90 Å². The van der Waals surface area contributed by atoms with Crippen molar-refractivity contribution in [2.24, 2.45) is 0 Å². The predicted molar refractivity (Wildman–Crippen MR) is 86.1 cm³/mol. The quantitative estimate of drug-likeness (QED) is 0.798. The summed E-state index contributed by atoms with van der Waals surface area (Å²) >= 11 is 6.02. The van der Waals surface area contributed by atoms with E-state index in [2.05, 4.69) is 24.8 Å². The standard InChI is InChI=1S/C15H21ClN2O2S/c1-13(2)7-8-17-9-11-18(12-10-17)21(19,20)15-6-4-3-5-14(15)16/h3-7H,8-12H2,1-2H3. The number of sulfonamides is 1. The highest BCUT2D eigenvalue weighted by molar-refractivity contribution is 7.89. The van der Waals surface area contributed by atoms with Gasteiger partial charge in [-0.15, -0.1) is 0 Å². The zero-order valence-corrected chi connectivity index (χ0v) is 14.0. The van der Waals surface area contributed by atoms with E-state index in [4.69, 9.17) is 11.6 Å². The van der Waals surface area contributed by atoms with Crippen molar-refractivity contribution in [2.75, 3.05) is 32.7 Å². The molecule has 0 spiro atoms. The Morgan fingerprint density at radius 3 is 2.38 bits per heavy atom. The van der Waals surface area contributed by atoms with Crippen LogP contribution in [0.2, 0.25) is 5.02 Å². The third-order valence-electron chi connectivity index (χ3n) is 3.54. The molecule has 0 atom stereocenters. The van der Waals surface area contributed by atoms with Gasteiger partial charge in [-0.2, -0.15) is 4.31 Å². The lowest BCUT2D eigenvalue weighted by Gasteiger charge is -2.33. The molecule has 0 bridgehead atoms. The highest BCUT2D eigenvalue weighted by Crippen LogP contribution is 2.24. The van der Waals surface area contributed by atoms with Gasteiger partial charge in [-0.1, -0.05) is 35.4 Å². The van der Waals surface area contributed by atoms with Crippen LogP contribution in [0.15, 0.2) is 40.8 Å². The zero-order chi connectivity index (χ0) is 15.5. The van der Waals surface area contributed by atoms with Crippen molar-refractivity contribution in [3.05, 3.63) is 40.9 Å². The number of benzene rings is 1. The molecule has 1 fully saturated rings. The minimum atomic E-state index is -3.49. The molecular weight excluding hydrogens is 308 g/mol. The number of hydrogen-bond donors (Lipinski definition) is 0. The average Bonchev–Trinajstić information content (AvgIpc) is 2.46. The van der Waals surface area contributed by atoms with Gasteiger partial charge in [0.25, 0.3) is 0 Å². The molecule has 1 aromatic rings. The third kappa shape index (κ3) is 4.07. The molecule has 0 aliphatic carbocycles. The summed E-state index contributed by atoms with van der Waals surface area (Å²) < 4.78 is 26.7. The highest BCUT2D eigenvalue weighted by atomic mass is 35.5. The fraction of sp³-hybridized carbons (Fsp3) is 0.467. The van der Waals surface area contributed by atoms with E-state index in [0.29, 0.717) is 13.1 Å². The fourth-order valence-electron chi connectivity index (χ4n) is 2.26. The molecule has 1 aromatic carbocycles. The van der Waals surface area contributed by atoms with E-state index in [1.165, 1.54) is 9.88 Å². The smallest absolute Gasteiger partial charge is 0.244 e. The fourth-order valence-corrected chi connectivity index (χ4v) is 4.17. The first kappa shape index (κ1) is 16.5. The van der Waals surface area contributed by atoms with Crippen LogP contribution in [-0.2, 0) is 10.0 Å². The van der Waals surface area contributed by atoms with Gasteiger partial charge >= 0.3 is 0 Å². The van der Waals surface area contributed by atoms with Gasteiger partial charge in [-0.25, -0.2) is 8.42 Å². The number of allylic oxidation sites excluding steroid dienone is 1. The van der Waals surface area contributed by atoms with Gasteiger partial charge in [0.15, 0.2) is 0 Å². The lowest BCUT2D eigenvalue weighted by atomic mass is 10.3. The Labute approximate surface area is 132 Å². The maximum Gasteiger partial charge on any atom is 0.244 e. The summed E-state index contributed by atoms with van der Waals surface area (Å²) in [6, 6.07) is 6.61. The molecule has 1 aliphatic heterocycles. The van der Waals surface area contributed by atoms with Gasteiger partial charge in [-0.05, 0) is 26.0 Å². The zero-order valence-electron chi connectivity index (χ0n) is 12.4. The summed E-state index contributed by atoms with van der Waals surface area (Å²) in [4.78, 5) is 2.45. The summed E-state index contributed by atoms with van der Waals surface area (Å²) in [5, 5.41) is 0.282. The summed E-state index contributed by atoms with van der Waals surface area (Å²) in [5.41, 5.74) is 1.28. The van der Waals surface area contributed by atoms with E-state index in [9.17, 15) is 8.42 Å². The second-order valence-corrected chi connectivity index (χ2v) is 7.73. The van der Waals surface area contributed by atoms with Gasteiger partial charge < -0.3 is 0 Å². The van der Waals surface area contributed by atoms with Gasteiger partial charge in [0.1, 0.15) is 4.90 Å².